The second-order valence-electron chi connectivity index (χ2n) is 7.03. The van der Waals surface area contributed by atoms with Gasteiger partial charge < -0.3 is 9.14 Å². The Balaban J connectivity index is 1.67. The largest absolute Gasteiger partial charge is 0.372 e. The number of aryl methyl sites for hydroxylation is 1. The van der Waals surface area contributed by atoms with E-state index >= 15 is 0 Å². The average Bonchev–Trinajstić information content (AvgIpc) is 2.76. The topological polar surface area (TPSA) is 60.1 Å². The van der Waals surface area contributed by atoms with Crippen LogP contribution in [0.1, 0.15) is 16.7 Å². The molecule has 152 valence electrons. The molecule has 2 heterocycles. The highest BCUT2D eigenvalue weighted by atomic mass is 32.2. The van der Waals surface area contributed by atoms with E-state index in [2.05, 4.69) is 4.40 Å². The number of aromatic nitrogens is 1. The van der Waals surface area contributed by atoms with Gasteiger partial charge in [0.1, 0.15) is 0 Å². The zero-order valence-electron chi connectivity index (χ0n) is 16.6. The van der Waals surface area contributed by atoms with E-state index < -0.39 is 10.0 Å². The molecule has 0 bridgehead atoms. The van der Waals surface area contributed by atoms with Crippen molar-refractivity contribution in [1.82, 2.24) is 4.40 Å². The molecule has 0 unspecified atom stereocenters. The summed E-state index contributed by atoms with van der Waals surface area (Å²) < 4.78 is 37.3. The molecule has 0 aliphatic carbocycles. The van der Waals surface area contributed by atoms with E-state index in [4.69, 9.17) is 4.74 Å². The van der Waals surface area contributed by atoms with Gasteiger partial charge >= 0.3 is 0 Å². The fourth-order valence-corrected chi connectivity index (χ4v) is 4.16. The Labute approximate surface area is 176 Å². The van der Waals surface area contributed by atoms with Crippen molar-refractivity contribution >= 4 is 15.5 Å². The standard InChI is InChI=1S/C24H22N2O3S/c1-19-10-13-22(14-11-19)30(27,28)25-24-15-12-21(23-9-5-6-16-26(23)24)18-29-17-20-7-3-2-4-8-20/h2-16H,17-18H2,1H3/b25-24-. The summed E-state index contributed by atoms with van der Waals surface area (Å²) in [6.07, 6.45) is 1.81. The lowest BCUT2D eigenvalue weighted by Crippen LogP contribution is -2.18. The summed E-state index contributed by atoms with van der Waals surface area (Å²) in [6, 6.07) is 25.9. The molecule has 0 saturated carbocycles. The predicted octanol–water partition coefficient (Wildman–Crippen LogP) is 4.25. The molecule has 0 atom stereocenters. The van der Waals surface area contributed by atoms with E-state index in [0.717, 1.165) is 22.2 Å². The Bertz CT molecular complexity index is 1330. The first-order valence-corrected chi connectivity index (χ1v) is 11.1. The maximum Gasteiger partial charge on any atom is 0.284 e. The van der Waals surface area contributed by atoms with E-state index in [1.165, 1.54) is 0 Å². The molecule has 2 aromatic carbocycles. The molecule has 0 radical (unpaired) electrons. The quantitative estimate of drug-likeness (QED) is 0.470. The number of hydrogen-bond acceptors (Lipinski definition) is 3. The molecule has 0 aliphatic heterocycles. The molecule has 4 rings (SSSR count). The van der Waals surface area contributed by atoms with Crippen LogP contribution in [0.3, 0.4) is 0 Å². The number of fused-ring (bicyclic) bond motifs is 1. The minimum atomic E-state index is -3.81. The van der Waals surface area contributed by atoms with E-state index in [1.54, 1.807) is 40.9 Å². The van der Waals surface area contributed by atoms with Crippen molar-refractivity contribution in [1.29, 1.82) is 0 Å². The summed E-state index contributed by atoms with van der Waals surface area (Å²) in [5.41, 5.74) is 4.25. The van der Waals surface area contributed by atoms with Crippen LogP contribution in [0.5, 0.6) is 0 Å². The van der Waals surface area contributed by atoms with E-state index in [0.29, 0.717) is 18.7 Å². The first-order chi connectivity index (χ1) is 14.5. The molecule has 0 N–H and O–H groups in total. The highest BCUT2D eigenvalue weighted by Gasteiger charge is 2.12. The molecule has 0 spiro atoms. The van der Waals surface area contributed by atoms with Crippen LogP contribution in [0.4, 0.5) is 0 Å². The van der Waals surface area contributed by atoms with Crippen LogP contribution >= 0.6 is 0 Å². The number of ether oxygens (including phenoxy) is 1. The van der Waals surface area contributed by atoms with Crippen LogP contribution < -0.4 is 5.49 Å². The molecule has 6 heteroatoms. The van der Waals surface area contributed by atoms with Crippen molar-refractivity contribution in [3.63, 3.8) is 0 Å². The SMILES string of the molecule is Cc1ccc(S(=O)(=O)/N=c2/ccc(COCc3ccccc3)c3ccccn23)cc1. The number of hydrogen-bond donors (Lipinski definition) is 0. The smallest absolute Gasteiger partial charge is 0.284 e. The zero-order valence-corrected chi connectivity index (χ0v) is 17.4. The fraction of sp³-hybridized carbons (Fsp3) is 0.125. The van der Waals surface area contributed by atoms with Crippen molar-refractivity contribution in [2.75, 3.05) is 0 Å². The lowest BCUT2D eigenvalue weighted by atomic mass is 10.2. The Morgan fingerprint density at radius 1 is 0.833 bits per heavy atom. The van der Waals surface area contributed by atoms with Gasteiger partial charge in [-0.1, -0.05) is 60.2 Å². The van der Waals surface area contributed by atoms with Crippen molar-refractivity contribution in [3.05, 3.63) is 113 Å². The first kappa shape index (κ1) is 20.1. The number of sulfonamides is 1. The molecule has 30 heavy (non-hydrogen) atoms. The molecule has 0 aliphatic rings. The molecule has 4 aromatic rings. The minimum Gasteiger partial charge on any atom is -0.372 e. The Kier molecular flexibility index (Phi) is 5.79. The van der Waals surface area contributed by atoms with Crippen molar-refractivity contribution < 1.29 is 13.2 Å². The lowest BCUT2D eigenvalue weighted by Gasteiger charge is -2.10. The summed E-state index contributed by atoms with van der Waals surface area (Å²) in [6.45, 7) is 2.83. The van der Waals surface area contributed by atoms with Crippen LogP contribution in [0.25, 0.3) is 5.52 Å². The first-order valence-electron chi connectivity index (χ1n) is 9.61. The average molecular weight is 419 g/mol. The number of benzene rings is 2. The highest BCUT2D eigenvalue weighted by molar-refractivity contribution is 7.90. The van der Waals surface area contributed by atoms with Gasteiger partial charge in [-0.2, -0.15) is 8.42 Å². The summed E-state index contributed by atoms with van der Waals surface area (Å²) in [4.78, 5) is 0.174. The monoisotopic (exact) mass is 418 g/mol. The normalized spacial score (nSPS) is 12.4. The second kappa shape index (κ2) is 8.65. The van der Waals surface area contributed by atoms with Crippen LogP contribution in [0, 0.1) is 6.92 Å². The third-order valence-electron chi connectivity index (χ3n) is 4.77. The molecule has 5 nitrogen and oxygen atoms in total. The molecule has 0 amide bonds. The molecular formula is C24H22N2O3S. The van der Waals surface area contributed by atoms with Gasteiger partial charge in [0.15, 0.2) is 5.49 Å². The Morgan fingerprint density at radius 3 is 2.33 bits per heavy atom. The van der Waals surface area contributed by atoms with Gasteiger partial charge in [0.25, 0.3) is 10.0 Å². The molecule has 0 fully saturated rings. The number of nitrogens with zero attached hydrogens (tertiary/aromatic N) is 2. The maximum atomic E-state index is 12.8. The van der Waals surface area contributed by atoms with Gasteiger partial charge in [0.05, 0.1) is 23.6 Å². The maximum absolute atomic E-state index is 12.8. The van der Waals surface area contributed by atoms with E-state index in [1.807, 2.05) is 61.5 Å². The zero-order chi connectivity index (χ0) is 21.0. The van der Waals surface area contributed by atoms with E-state index in [9.17, 15) is 8.42 Å². The van der Waals surface area contributed by atoms with Crippen LogP contribution in [-0.2, 0) is 28.0 Å². The number of pyridine rings is 2. The summed E-state index contributed by atoms with van der Waals surface area (Å²) >= 11 is 0. The van der Waals surface area contributed by atoms with Gasteiger partial charge in [-0.25, -0.2) is 0 Å². The summed E-state index contributed by atoms with van der Waals surface area (Å²) in [7, 11) is -3.81. The van der Waals surface area contributed by atoms with Crippen molar-refractivity contribution in [3.8, 4) is 0 Å². The highest BCUT2D eigenvalue weighted by Crippen LogP contribution is 2.14. The van der Waals surface area contributed by atoms with Gasteiger partial charge in [0.2, 0.25) is 0 Å². The molecule has 0 saturated heterocycles. The minimum absolute atomic E-state index is 0.174. The third kappa shape index (κ3) is 4.50. The summed E-state index contributed by atoms with van der Waals surface area (Å²) in [5, 5.41) is 0. The fourth-order valence-electron chi connectivity index (χ4n) is 3.18. The molecular weight excluding hydrogens is 396 g/mol. The predicted molar refractivity (Wildman–Crippen MR) is 116 cm³/mol. The van der Waals surface area contributed by atoms with Crippen molar-refractivity contribution in [2.45, 2.75) is 25.0 Å². The van der Waals surface area contributed by atoms with Crippen LogP contribution in [0.15, 0.2) is 100 Å². The summed E-state index contributed by atoms with van der Waals surface area (Å²) in [5.74, 6) is 0. The van der Waals surface area contributed by atoms with Gasteiger partial charge in [-0.3, -0.25) is 0 Å². The third-order valence-corrected chi connectivity index (χ3v) is 6.07. The second-order valence-corrected chi connectivity index (χ2v) is 8.63. The van der Waals surface area contributed by atoms with E-state index in [-0.39, 0.29) is 4.90 Å². The lowest BCUT2D eigenvalue weighted by molar-refractivity contribution is 0.108. The van der Waals surface area contributed by atoms with Gasteiger partial charge in [0, 0.05) is 11.8 Å². The van der Waals surface area contributed by atoms with Crippen molar-refractivity contribution in [2.24, 2.45) is 4.40 Å². The van der Waals surface area contributed by atoms with Crippen LogP contribution in [0.2, 0.25) is 0 Å². The Morgan fingerprint density at radius 2 is 1.57 bits per heavy atom. The Hall–Kier alpha value is -3.22. The van der Waals surface area contributed by atoms with Gasteiger partial charge in [-0.05, 0) is 42.8 Å². The van der Waals surface area contributed by atoms with Crippen LogP contribution in [-0.4, -0.2) is 12.8 Å². The number of rotatable bonds is 6. The molecule has 2 aromatic heterocycles. The van der Waals surface area contributed by atoms with Gasteiger partial charge in [-0.15, -0.1) is 4.40 Å².